The molecule has 8 heteroatoms. The first-order valence-electron chi connectivity index (χ1n) is 9.72. The number of hydrogen-bond acceptors (Lipinski definition) is 4. The van der Waals surface area contributed by atoms with Crippen molar-refractivity contribution in [1.29, 1.82) is 0 Å². The maximum atomic E-state index is 12.8. The molecule has 0 unspecified atom stereocenters. The number of amides is 1. The van der Waals surface area contributed by atoms with Gasteiger partial charge >= 0.3 is 0 Å². The van der Waals surface area contributed by atoms with Gasteiger partial charge in [-0.15, -0.1) is 0 Å². The fourth-order valence-corrected chi connectivity index (χ4v) is 4.59. The second-order valence-electron chi connectivity index (χ2n) is 7.20. The van der Waals surface area contributed by atoms with E-state index in [0.717, 1.165) is 17.7 Å². The topological polar surface area (TPSA) is 69.7 Å². The Morgan fingerprint density at radius 1 is 1.07 bits per heavy atom. The molecular weight excluding hydrogens is 410 g/mol. The van der Waals surface area contributed by atoms with Crippen molar-refractivity contribution < 1.29 is 13.2 Å². The highest BCUT2D eigenvalue weighted by atomic mass is 35.5. The van der Waals surface area contributed by atoms with Gasteiger partial charge in [-0.1, -0.05) is 36.2 Å². The largest absolute Gasteiger partial charge is 0.366 e. The number of halogens is 1. The molecule has 0 radical (unpaired) electrons. The van der Waals surface area contributed by atoms with E-state index < -0.39 is 10.0 Å². The third-order valence-corrected chi connectivity index (χ3v) is 6.59. The average molecular weight is 436 g/mol. The predicted octanol–water partition coefficient (Wildman–Crippen LogP) is 3.90. The Labute approximate surface area is 177 Å². The van der Waals surface area contributed by atoms with E-state index in [1.165, 1.54) is 0 Å². The van der Waals surface area contributed by atoms with Gasteiger partial charge in [0.15, 0.2) is 0 Å². The minimum Gasteiger partial charge on any atom is -0.366 e. The van der Waals surface area contributed by atoms with Gasteiger partial charge in [0.2, 0.25) is 5.91 Å². The molecule has 0 saturated carbocycles. The number of carbonyl (C=O) groups excluding carboxylic acids is 1. The first-order chi connectivity index (χ1) is 13.8. The zero-order valence-electron chi connectivity index (χ0n) is 16.7. The van der Waals surface area contributed by atoms with Crippen LogP contribution in [0.2, 0.25) is 5.02 Å². The monoisotopic (exact) mass is 435 g/mol. The van der Waals surface area contributed by atoms with Crippen molar-refractivity contribution in [3.8, 4) is 0 Å². The van der Waals surface area contributed by atoms with Crippen molar-refractivity contribution in [2.75, 3.05) is 35.8 Å². The molecule has 0 aromatic heterocycles. The van der Waals surface area contributed by atoms with Crippen molar-refractivity contribution in [2.45, 2.75) is 31.6 Å². The van der Waals surface area contributed by atoms with E-state index in [9.17, 15) is 13.2 Å². The lowest BCUT2D eigenvalue weighted by molar-refractivity contribution is -0.131. The molecule has 0 spiro atoms. The maximum absolute atomic E-state index is 12.8. The molecule has 1 fully saturated rings. The molecule has 3 rings (SSSR count). The third kappa shape index (κ3) is 5.22. The van der Waals surface area contributed by atoms with Gasteiger partial charge in [-0.25, -0.2) is 8.42 Å². The maximum Gasteiger partial charge on any atom is 0.261 e. The smallest absolute Gasteiger partial charge is 0.261 e. The molecule has 6 nitrogen and oxygen atoms in total. The summed E-state index contributed by atoms with van der Waals surface area (Å²) in [4.78, 5) is 16.3. The zero-order valence-corrected chi connectivity index (χ0v) is 18.3. The number of anilines is 2. The van der Waals surface area contributed by atoms with E-state index in [1.807, 2.05) is 24.8 Å². The quantitative estimate of drug-likeness (QED) is 0.747. The fourth-order valence-electron chi connectivity index (χ4n) is 3.36. The molecule has 1 amide bonds. The lowest BCUT2D eigenvalue weighted by Gasteiger charge is -2.37. The Kier molecular flexibility index (Phi) is 6.70. The van der Waals surface area contributed by atoms with Crippen LogP contribution in [0.15, 0.2) is 47.4 Å². The Morgan fingerprint density at radius 2 is 1.72 bits per heavy atom. The minimum atomic E-state index is -3.74. The number of nitrogens with zero attached hydrogens (tertiary/aromatic N) is 2. The minimum absolute atomic E-state index is 0.170. The highest BCUT2D eigenvalue weighted by molar-refractivity contribution is 7.92. The van der Waals surface area contributed by atoms with Gasteiger partial charge in [0.05, 0.1) is 16.3 Å². The summed E-state index contributed by atoms with van der Waals surface area (Å²) >= 11 is 6.14. The van der Waals surface area contributed by atoms with Crippen molar-refractivity contribution in [1.82, 2.24) is 4.90 Å². The van der Waals surface area contributed by atoms with Crippen LogP contribution in [-0.4, -0.2) is 45.4 Å². The summed E-state index contributed by atoms with van der Waals surface area (Å²) in [5.74, 6) is 0.170. The summed E-state index contributed by atoms with van der Waals surface area (Å²) in [5, 5.41) is 0.451. The molecular formula is C21H26ClN3O3S. The van der Waals surface area contributed by atoms with E-state index >= 15 is 0 Å². The number of rotatable bonds is 6. The van der Waals surface area contributed by atoms with E-state index in [4.69, 9.17) is 11.6 Å². The summed E-state index contributed by atoms with van der Waals surface area (Å²) < 4.78 is 28.4. The number of aryl methyl sites for hydroxylation is 1. The number of hydrogen-bond donors (Lipinski definition) is 1. The van der Waals surface area contributed by atoms with Crippen LogP contribution in [0.3, 0.4) is 0 Å². The molecule has 1 heterocycles. The highest BCUT2D eigenvalue weighted by Gasteiger charge is 2.24. The van der Waals surface area contributed by atoms with Crippen molar-refractivity contribution >= 4 is 38.9 Å². The third-order valence-electron chi connectivity index (χ3n) is 4.97. The van der Waals surface area contributed by atoms with E-state index in [1.54, 1.807) is 36.4 Å². The number of sulfonamides is 1. The van der Waals surface area contributed by atoms with Gasteiger partial charge in [0.1, 0.15) is 0 Å². The number of piperazine rings is 1. The summed E-state index contributed by atoms with van der Waals surface area (Å²) in [6, 6.07) is 11.9. The Bertz CT molecular complexity index is 969. The number of nitrogens with one attached hydrogen (secondary N) is 1. The molecule has 156 valence electrons. The van der Waals surface area contributed by atoms with Gasteiger partial charge in [-0.2, -0.15) is 0 Å². The zero-order chi connectivity index (χ0) is 21.0. The molecule has 29 heavy (non-hydrogen) atoms. The van der Waals surface area contributed by atoms with Gasteiger partial charge in [0.25, 0.3) is 10.0 Å². The van der Waals surface area contributed by atoms with Gasteiger partial charge in [-0.05, 0) is 43.7 Å². The second-order valence-corrected chi connectivity index (χ2v) is 9.32. The molecule has 1 aliphatic rings. The number of benzene rings is 2. The standard InChI is InChI=1S/C21H26ClN3O3S/c1-3-4-21(26)25-13-11-24(12-14-25)20-10-7-17(22)15-19(20)23-29(27,28)18-8-5-16(2)6-9-18/h5-10,15,23H,3-4,11-14H2,1-2H3. The van der Waals surface area contributed by atoms with E-state index in [0.29, 0.717) is 43.3 Å². The number of carbonyl (C=O) groups is 1. The van der Waals surface area contributed by atoms with Crippen LogP contribution in [0, 0.1) is 6.92 Å². The Balaban J connectivity index is 1.80. The molecule has 0 atom stereocenters. The normalized spacial score (nSPS) is 14.7. The SMILES string of the molecule is CCCC(=O)N1CCN(c2ccc(Cl)cc2NS(=O)(=O)c2ccc(C)cc2)CC1. The van der Waals surface area contributed by atoms with Crippen molar-refractivity contribution in [2.24, 2.45) is 0 Å². The lowest BCUT2D eigenvalue weighted by Crippen LogP contribution is -2.48. The Morgan fingerprint density at radius 3 is 2.34 bits per heavy atom. The predicted molar refractivity (Wildman–Crippen MR) is 117 cm³/mol. The molecule has 1 N–H and O–H groups in total. The van der Waals surface area contributed by atoms with Crippen molar-refractivity contribution in [3.05, 3.63) is 53.1 Å². The summed E-state index contributed by atoms with van der Waals surface area (Å²) in [7, 11) is -3.74. The van der Waals surface area contributed by atoms with Gasteiger partial charge < -0.3 is 9.80 Å². The first-order valence-corrected chi connectivity index (χ1v) is 11.6. The summed E-state index contributed by atoms with van der Waals surface area (Å²) in [6.45, 7) is 6.40. The summed E-state index contributed by atoms with van der Waals surface area (Å²) in [6.07, 6.45) is 1.39. The summed E-state index contributed by atoms with van der Waals surface area (Å²) in [5.41, 5.74) is 2.18. The van der Waals surface area contributed by atoms with Crippen LogP contribution in [0.4, 0.5) is 11.4 Å². The van der Waals surface area contributed by atoms with Crippen molar-refractivity contribution in [3.63, 3.8) is 0 Å². The second kappa shape index (κ2) is 9.05. The first kappa shape index (κ1) is 21.5. The molecule has 2 aromatic rings. The van der Waals surface area contributed by atoms with Crippen LogP contribution in [0.5, 0.6) is 0 Å². The van der Waals surface area contributed by atoms with Crippen LogP contribution < -0.4 is 9.62 Å². The highest BCUT2D eigenvalue weighted by Crippen LogP contribution is 2.32. The average Bonchev–Trinajstić information content (AvgIpc) is 2.68. The van der Waals surface area contributed by atoms with Crippen LogP contribution >= 0.6 is 11.6 Å². The van der Waals surface area contributed by atoms with E-state index in [2.05, 4.69) is 9.62 Å². The van der Waals surface area contributed by atoms with Gasteiger partial charge in [0, 0.05) is 37.6 Å². The molecule has 1 aliphatic heterocycles. The van der Waals surface area contributed by atoms with E-state index in [-0.39, 0.29) is 10.8 Å². The molecule has 0 bridgehead atoms. The fraction of sp³-hybridized carbons (Fsp3) is 0.381. The lowest BCUT2D eigenvalue weighted by atomic mass is 10.2. The van der Waals surface area contributed by atoms with Crippen LogP contribution in [0.1, 0.15) is 25.3 Å². The van der Waals surface area contributed by atoms with Crippen LogP contribution in [-0.2, 0) is 14.8 Å². The molecule has 0 aliphatic carbocycles. The Hall–Kier alpha value is -2.25. The van der Waals surface area contributed by atoms with Gasteiger partial charge in [-0.3, -0.25) is 9.52 Å². The van der Waals surface area contributed by atoms with Crippen LogP contribution in [0.25, 0.3) is 0 Å². The molecule has 2 aromatic carbocycles. The molecule has 1 saturated heterocycles.